The summed E-state index contributed by atoms with van der Waals surface area (Å²) in [7, 11) is 0. The molecule has 4 N–H and O–H groups in total. The van der Waals surface area contributed by atoms with Gasteiger partial charge in [-0.15, -0.1) is 0 Å². The molecule has 2 heterocycles. The molecule has 0 radical (unpaired) electrons. The normalized spacial score (nSPS) is 22.4. The Morgan fingerprint density at radius 3 is 3.21 bits per heavy atom. The first-order chi connectivity index (χ1) is 11.6. The van der Waals surface area contributed by atoms with Gasteiger partial charge >= 0.3 is 6.03 Å². The third-order valence-electron chi connectivity index (χ3n) is 4.06. The Labute approximate surface area is 143 Å². The van der Waals surface area contributed by atoms with Gasteiger partial charge in [0, 0.05) is 13.1 Å². The average molecular weight is 351 g/mol. The number of nitrogens with one attached hydrogen (secondary N) is 2. The lowest BCUT2D eigenvalue weighted by Crippen LogP contribution is -2.45. The third kappa shape index (κ3) is 3.30. The maximum absolute atomic E-state index is 12.1. The molecule has 3 rings (SSSR count). The minimum Gasteiger partial charge on any atom is -0.491 e. The Hall–Kier alpha value is -2.29. The maximum atomic E-state index is 12.1. The fraction of sp³-hybridized carbons (Fsp3) is 0.467. The number of hydrogen-bond donors (Lipinski definition) is 3. The van der Waals surface area contributed by atoms with Crippen LogP contribution in [0.4, 0.5) is 10.5 Å². The molecule has 2 aliphatic heterocycles. The quantitative estimate of drug-likeness (QED) is 0.751. The molecule has 1 fully saturated rings. The zero-order valence-corrected chi connectivity index (χ0v) is 14.3. The Kier molecular flexibility index (Phi) is 4.89. The van der Waals surface area contributed by atoms with Crippen LogP contribution in [0, 0.1) is 0 Å². The molecule has 24 heavy (non-hydrogen) atoms. The minimum absolute atomic E-state index is 0.0243. The van der Waals surface area contributed by atoms with Crippen molar-refractivity contribution in [2.45, 2.75) is 25.8 Å². The summed E-state index contributed by atoms with van der Waals surface area (Å²) < 4.78 is 24.1. The number of benzene rings is 1. The van der Waals surface area contributed by atoms with E-state index in [1.165, 1.54) is 0 Å². The van der Waals surface area contributed by atoms with E-state index >= 15 is 0 Å². The predicted molar refractivity (Wildman–Crippen MR) is 93.2 cm³/mol. The number of rotatable bonds is 4. The molecule has 1 aromatic carbocycles. The van der Waals surface area contributed by atoms with Crippen molar-refractivity contribution in [2.75, 3.05) is 24.4 Å². The van der Waals surface area contributed by atoms with Crippen molar-refractivity contribution in [2.24, 2.45) is 10.1 Å². The fourth-order valence-electron chi connectivity index (χ4n) is 2.97. The predicted octanol–water partition coefficient (Wildman–Crippen LogP) is 0.969. The molecular formula is C15H21N5O3S. The monoisotopic (exact) mass is 351 g/mol. The van der Waals surface area contributed by atoms with Gasteiger partial charge in [-0.25, -0.2) is 9.00 Å². The van der Waals surface area contributed by atoms with E-state index in [4.69, 9.17) is 10.5 Å². The number of amidine groups is 1. The van der Waals surface area contributed by atoms with Gasteiger partial charge in [-0.3, -0.25) is 4.72 Å². The smallest absolute Gasteiger partial charge is 0.317 e. The number of fused-ring (bicyclic) bond motifs is 1. The van der Waals surface area contributed by atoms with Crippen molar-refractivity contribution >= 4 is 28.7 Å². The second-order valence-electron chi connectivity index (χ2n) is 5.64. The van der Waals surface area contributed by atoms with Gasteiger partial charge in [0.05, 0.1) is 17.3 Å². The van der Waals surface area contributed by atoms with Crippen LogP contribution in [0.15, 0.2) is 22.6 Å². The Morgan fingerprint density at radius 1 is 1.58 bits per heavy atom. The standard InChI is InChI=1S/C15H21N5O3S/c1-2-17-15(21)20-8-4-5-10(20)9-23-12-7-3-6-11-13(12)14(16)19-24(22)18-11/h3,6-7,10,18H,2,4-5,8-9H2,1H3,(H2,16,19)(H,17,21). The molecule has 0 aliphatic carbocycles. The molecule has 2 unspecified atom stereocenters. The lowest BCUT2D eigenvalue weighted by Gasteiger charge is -2.26. The first kappa shape index (κ1) is 16.6. The van der Waals surface area contributed by atoms with Gasteiger partial charge in [0.2, 0.25) is 11.2 Å². The Morgan fingerprint density at radius 2 is 2.42 bits per heavy atom. The molecule has 8 nitrogen and oxygen atoms in total. The van der Waals surface area contributed by atoms with Crippen molar-refractivity contribution < 1.29 is 13.7 Å². The zero-order chi connectivity index (χ0) is 17.1. The van der Waals surface area contributed by atoms with Crippen molar-refractivity contribution in [3.63, 3.8) is 0 Å². The number of likely N-dealkylation sites (tertiary alicyclic amines) is 1. The highest BCUT2D eigenvalue weighted by atomic mass is 32.2. The third-order valence-corrected chi connectivity index (χ3v) is 4.82. The molecular weight excluding hydrogens is 330 g/mol. The summed E-state index contributed by atoms with van der Waals surface area (Å²) in [5, 5.41) is 2.83. The van der Waals surface area contributed by atoms with Crippen LogP contribution in [-0.4, -0.2) is 46.7 Å². The summed E-state index contributed by atoms with van der Waals surface area (Å²) in [4.78, 5) is 13.9. The number of nitrogens with two attached hydrogens (primary N) is 1. The van der Waals surface area contributed by atoms with Gasteiger partial charge in [0.25, 0.3) is 0 Å². The largest absolute Gasteiger partial charge is 0.491 e. The summed E-state index contributed by atoms with van der Waals surface area (Å²) in [5.74, 6) is 0.755. The van der Waals surface area contributed by atoms with E-state index in [1.807, 2.05) is 11.8 Å². The van der Waals surface area contributed by atoms with Crippen LogP contribution in [0.3, 0.4) is 0 Å². The first-order valence-corrected chi connectivity index (χ1v) is 9.04. The number of hydrogen-bond acceptors (Lipinski definition) is 4. The molecule has 130 valence electrons. The van der Waals surface area contributed by atoms with Crippen LogP contribution >= 0.6 is 0 Å². The van der Waals surface area contributed by atoms with Crippen LogP contribution in [-0.2, 0) is 11.2 Å². The molecule has 2 aliphatic rings. The summed E-state index contributed by atoms with van der Waals surface area (Å²) in [6.45, 7) is 3.61. The summed E-state index contributed by atoms with van der Waals surface area (Å²) in [6.07, 6.45) is 1.86. The molecule has 9 heteroatoms. The van der Waals surface area contributed by atoms with E-state index in [0.29, 0.717) is 30.2 Å². The van der Waals surface area contributed by atoms with Crippen LogP contribution < -0.4 is 20.5 Å². The summed E-state index contributed by atoms with van der Waals surface area (Å²) >= 11 is -1.56. The molecule has 1 aromatic rings. The molecule has 0 spiro atoms. The number of nitrogens with zero attached hydrogens (tertiary/aromatic N) is 2. The van der Waals surface area contributed by atoms with Gasteiger partial charge in [-0.2, -0.15) is 4.40 Å². The van der Waals surface area contributed by atoms with E-state index in [0.717, 1.165) is 19.4 Å². The van der Waals surface area contributed by atoms with Gasteiger partial charge in [-0.1, -0.05) is 6.07 Å². The molecule has 0 aromatic heterocycles. The van der Waals surface area contributed by atoms with E-state index < -0.39 is 11.2 Å². The van der Waals surface area contributed by atoms with E-state index in [2.05, 4.69) is 14.4 Å². The number of ether oxygens (including phenoxy) is 1. The highest BCUT2D eigenvalue weighted by molar-refractivity contribution is 7.85. The lowest BCUT2D eigenvalue weighted by atomic mass is 10.1. The average Bonchev–Trinajstić information content (AvgIpc) is 3.01. The second-order valence-corrected chi connectivity index (χ2v) is 6.53. The van der Waals surface area contributed by atoms with Crippen molar-refractivity contribution in [3.8, 4) is 5.75 Å². The van der Waals surface area contributed by atoms with Crippen molar-refractivity contribution in [1.82, 2.24) is 10.2 Å². The summed E-state index contributed by atoms with van der Waals surface area (Å²) in [6, 6.07) is 5.33. The molecule has 0 bridgehead atoms. The fourth-order valence-corrected chi connectivity index (χ4v) is 3.64. The van der Waals surface area contributed by atoms with Crippen LogP contribution in [0.2, 0.25) is 0 Å². The van der Waals surface area contributed by atoms with E-state index in [-0.39, 0.29) is 17.9 Å². The topological polar surface area (TPSA) is 109 Å². The Bertz CT molecular complexity index is 694. The number of carbonyl (C=O) groups is 1. The number of urea groups is 1. The van der Waals surface area contributed by atoms with E-state index in [1.54, 1.807) is 18.2 Å². The van der Waals surface area contributed by atoms with Crippen LogP contribution in [0.1, 0.15) is 25.3 Å². The van der Waals surface area contributed by atoms with Gasteiger partial charge in [0.15, 0.2) is 0 Å². The van der Waals surface area contributed by atoms with E-state index in [9.17, 15) is 9.00 Å². The number of anilines is 1. The second kappa shape index (κ2) is 7.08. The highest BCUT2D eigenvalue weighted by Crippen LogP contribution is 2.30. The molecule has 2 amide bonds. The number of carbonyl (C=O) groups excluding carboxylic acids is 1. The highest BCUT2D eigenvalue weighted by Gasteiger charge is 2.29. The number of amides is 2. The molecule has 2 atom stereocenters. The first-order valence-electron chi connectivity index (χ1n) is 7.93. The molecule has 0 saturated carbocycles. The maximum Gasteiger partial charge on any atom is 0.317 e. The van der Waals surface area contributed by atoms with Crippen molar-refractivity contribution in [3.05, 3.63) is 23.8 Å². The van der Waals surface area contributed by atoms with Crippen LogP contribution in [0.25, 0.3) is 0 Å². The molecule has 1 saturated heterocycles. The summed E-state index contributed by atoms with van der Waals surface area (Å²) in [5.41, 5.74) is 7.14. The Balaban J connectivity index is 1.72. The zero-order valence-electron chi connectivity index (χ0n) is 13.4. The van der Waals surface area contributed by atoms with Gasteiger partial charge < -0.3 is 20.7 Å². The minimum atomic E-state index is -1.56. The van der Waals surface area contributed by atoms with Gasteiger partial charge in [0.1, 0.15) is 18.2 Å². The SMILES string of the molecule is CCNC(=O)N1CCCC1COc1cccc2c1C(N)=NS(=O)N2. The lowest BCUT2D eigenvalue weighted by molar-refractivity contribution is 0.166. The van der Waals surface area contributed by atoms with Crippen LogP contribution in [0.5, 0.6) is 5.75 Å². The van der Waals surface area contributed by atoms with Gasteiger partial charge in [-0.05, 0) is 31.9 Å². The van der Waals surface area contributed by atoms with Crippen molar-refractivity contribution in [1.29, 1.82) is 0 Å².